The zero-order valence-electron chi connectivity index (χ0n) is 8.76. The molecule has 0 saturated carbocycles. The van der Waals surface area contributed by atoms with Crippen molar-refractivity contribution in [3.8, 4) is 0 Å². The van der Waals surface area contributed by atoms with Gasteiger partial charge in [0, 0.05) is 0 Å². The highest BCUT2D eigenvalue weighted by molar-refractivity contribution is 5.96. The number of ether oxygens (including phenoxy) is 1. The van der Waals surface area contributed by atoms with Gasteiger partial charge < -0.3 is 9.84 Å². The molecule has 2 N–H and O–H groups in total. The Hall–Kier alpha value is -2.57. The van der Waals surface area contributed by atoms with Gasteiger partial charge in [-0.2, -0.15) is 4.68 Å². The first-order chi connectivity index (χ1) is 8.04. The van der Waals surface area contributed by atoms with E-state index in [0.717, 1.165) is 0 Å². The highest BCUT2D eigenvalue weighted by Gasteiger charge is 2.14. The summed E-state index contributed by atoms with van der Waals surface area (Å²) in [5, 5.41) is 11.2. The van der Waals surface area contributed by atoms with Gasteiger partial charge in [-0.3, -0.25) is 9.89 Å². The number of aromatic nitrogens is 2. The van der Waals surface area contributed by atoms with Crippen molar-refractivity contribution < 1.29 is 19.4 Å². The zero-order chi connectivity index (χ0) is 12.6. The van der Waals surface area contributed by atoms with E-state index in [4.69, 9.17) is 5.11 Å². The second-order valence-electron chi connectivity index (χ2n) is 3.28. The molecule has 1 aromatic carbocycles. The van der Waals surface area contributed by atoms with Crippen molar-refractivity contribution in [1.82, 2.24) is 9.78 Å². The molecule has 17 heavy (non-hydrogen) atoms. The molecule has 0 aliphatic heterocycles. The summed E-state index contributed by atoms with van der Waals surface area (Å²) < 4.78 is 5.17. The lowest BCUT2D eigenvalue weighted by Crippen LogP contribution is -2.12. The van der Waals surface area contributed by atoms with Gasteiger partial charge in [-0.1, -0.05) is 0 Å². The molecule has 0 radical (unpaired) electrons. The third-order valence-corrected chi connectivity index (χ3v) is 2.31. The first kappa shape index (κ1) is 10.9. The molecule has 0 aliphatic rings. The Morgan fingerprint density at radius 1 is 1.41 bits per heavy atom. The number of rotatable bonds is 1. The molecule has 0 fully saturated rings. The van der Waals surface area contributed by atoms with Gasteiger partial charge in [0.05, 0.1) is 23.6 Å². The standard InChI is InChI=1S/C10H8N2O5/c1-17-9(14)5-2-3-6-7(4-5)12(10(15)16)11-8(6)13/h2-4H,1H3,(H,11,13)(H,15,16). The molecule has 2 rings (SSSR count). The highest BCUT2D eigenvalue weighted by atomic mass is 16.5. The number of carbonyl (C=O) groups excluding carboxylic acids is 1. The molecule has 1 aromatic heterocycles. The summed E-state index contributed by atoms with van der Waals surface area (Å²) in [7, 11) is 1.22. The molecule has 0 atom stereocenters. The van der Waals surface area contributed by atoms with E-state index in [2.05, 4.69) is 9.84 Å². The van der Waals surface area contributed by atoms with Gasteiger partial charge in [0.1, 0.15) is 0 Å². The highest BCUT2D eigenvalue weighted by Crippen LogP contribution is 2.13. The van der Waals surface area contributed by atoms with Crippen LogP contribution in [0.1, 0.15) is 10.4 Å². The van der Waals surface area contributed by atoms with Crippen LogP contribution in [0.3, 0.4) is 0 Å². The first-order valence-electron chi connectivity index (χ1n) is 4.61. The Bertz CT molecular complexity index is 667. The van der Waals surface area contributed by atoms with Crippen LogP contribution >= 0.6 is 0 Å². The summed E-state index contributed by atoms with van der Waals surface area (Å²) >= 11 is 0. The Balaban J connectivity index is 2.75. The maximum atomic E-state index is 11.4. The number of aromatic amines is 1. The van der Waals surface area contributed by atoms with Crippen LogP contribution < -0.4 is 5.56 Å². The predicted molar refractivity (Wildman–Crippen MR) is 57.3 cm³/mol. The van der Waals surface area contributed by atoms with Crippen LogP contribution in [0.15, 0.2) is 23.0 Å². The normalized spacial score (nSPS) is 10.4. The number of benzene rings is 1. The predicted octanol–water partition coefficient (Wildman–Crippen LogP) is 0.642. The molecular formula is C10H8N2O5. The number of fused-ring (bicyclic) bond motifs is 1. The number of hydrogen-bond donors (Lipinski definition) is 2. The maximum absolute atomic E-state index is 11.4. The van der Waals surface area contributed by atoms with E-state index in [1.54, 1.807) is 0 Å². The van der Waals surface area contributed by atoms with Crippen molar-refractivity contribution in [1.29, 1.82) is 0 Å². The zero-order valence-corrected chi connectivity index (χ0v) is 8.76. The third-order valence-electron chi connectivity index (χ3n) is 2.31. The summed E-state index contributed by atoms with van der Waals surface area (Å²) in [5.74, 6) is -0.600. The number of nitrogens with one attached hydrogen (secondary N) is 1. The molecule has 0 amide bonds. The number of H-pyrrole nitrogens is 1. The molecule has 7 nitrogen and oxygen atoms in total. The number of carboxylic acid groups (broad SMARTS) is 1. The summed E-state index contributed by atoms with van der Waals surface area (Å²) in [6, 6.07) is 4.06. The van der Waals surface area contributed by atoms with Crippen LogP contribution in [0.4, 0.5) is 4.79 Å². The summed E-state index contributed by atoms with van der Waals surface area (Å²) in [4.78, 5) is 33.5. The Morgan fingerprint density at radius 2 is 2.12 bits per heavy atom. The fourth-order valence-electron chi connectivity index (χ4n) is 1.53. The van der Waals surface area contributed by atoms with Crippen LogP contribution in [0.2, 0.25) is 0 Å². The Kier molecular flexibility index (Phi) is 2.43. The lowest BCUT2D eigenvalue weighted by atomic mass is 10.1. The van der Waals surface area contributed by atoms with E-state index in [-0.39, 0.29) is 16.5 Å². The first-order valence-corrected chi connectivity index (χ1v) is 4.61. The molecule has 0 aliphatic carbocycles. The minimum absolute atomic E-state index is 0.116. The van der Waals surface area contributed by atoms with Crippen LogP contribution in [0, 0.1) is 0 Å². The van der Waals surface area contributed by atoms with E-state index in [1.807, 2.05) is 0 Å². The van der Waals surface area contributed by atoms with Gasteiger partial charge in [0.25, 0.3) is 5.56 Å². The van der Waals surface area contributed by atoms with E-state index in [1.165, 1.54) is 25.3 Å². The monoisotopic (exact) mass is 236 g/mol. The molecule has 0 spiro atoms. The van der Waals surface area contributed by atoms with Crippen molar-refractivity contribution >= 4 is 23.0 Å². The molecule has 0 unspecified atom stereocenters. The summed E-state index contributed by atoms with van der Waals surface area (Å²) in [5.41, 5.74) is -0.238. The molecule has 0 saturated heterocycles. The minimum atomic E-state index is -1.33. The van der Waals surface area contributed by atoms with E-state index < -0.39 is 17.6 Å². The van der Waals surface area contributed by atoms with Crippen LogP contribution in [0.5, 0.6) is 0 Å². The fourth-order valence-corrected chi connectivity index (χ4v) is 1.53. The minimum Gasteiger partial charge on any atom is -0.465 e. The van der Waals surface area contributed by atoms with E-state index in [0.29, 0.717) is 4.68 Å². The van der Waals surface area contributed by atoms with Gasteiger partial charge in [-0.15, -0.1) is 0 Å². The number of hydrogen-bond acceptors (Lipinski definition) is 4. The largest absolute Gasteiger partial charge is 0.465 e. The Labute approximate surface area is 94.2 Å². The fraction of sp³-hybridized carbons (Fsp3) is 0.100. The smallest absolute Gasteiger partial charge is 0.431 e. The SMILES string of the molecule is COC(=O)c1ccc2c(=O)[nH]n(C(=O)O)c2c1. The topological polar surface area (TPSA) is 101 Å². The summed E-state index contributed by atoms with van der Waals surface area (Å²) in [6.07, 6.45) is -1.33. The van der Waals surface area contributed by atoms with Gasteiger partial charge in [0.15, 0.2) is 0 Å². The van der Waals surface area contributed by atoms with Crippen molar-refractivity contribution in [3.63, 3.8) is 0 Å². The molecule has 1 heterocycles. The van der Waals surface area contributed by atoms with Crippen molar-refractivity contribution in [2.24, 2.45) is 0 Å². The van der Waals surface area contributed by atoms with Gasteiger partial charge in [0.2, 0.25) is 0 Å². The average Bonchev–Trinajstić information content (AvgIpc) is 2.65. The van der Waals surface area contributed by atoms with Crippen LogP contribution in [-0.2, 0) is 4.74 Å². The van der Waals surface area contributed by atoms with E-state index >= 15 is 0 Å². The van der Waals surface area contributed by atoms with Crippen molar-refractivity contribution in [2.75, 3.05) is 7.11 Å². The maximum Gasteiger partial charge on any atom is 0.431 e. The molecule has 88 valence electrons. The molecule has 0 bridgehead atoms. The number of esters is 1. The number of methoxy groups -OCH3 is 1. The molecular weight excluding hydrogens is 228 g/mol. The Morgan fingerprint density at radius 3 is 2.71 bits per heavy atom. The van der Waals surface area contributed by atoms with Crippen molar-refractivity contribution in [2.45, 2.75) is 0 Å². The number of carbonyl (C=O) groups is 2. The second kappa shape index (κ2) is 3.78. The van der Waals surface area contributed by atoms with Gasteiger partial charge >= 0.3 is 12.1 Å². The third kappa shape index (κ3) is 1.67. The van der Waals surface area contributed by atoms with Gasteiger partial charge in [-0.05, 0) is 18.2 Å². The van der Waals surface area contributed by atoms with Crippen LogP contribution in [0.25, 0.3) is 10.9 Å². The van der Waals surface area contributed by atoms with E-state index in [9.17, 15) is 14.4 Å². The summed E-state index contributed by atoms with van der Waals surface area (Å²) in [6.45, 7) is 0. The molecule has 7 heteroatoms. The molecule has 2 aromatic rings. The number of nitrogens with zero attached hydrogens (tertiary/aromatic N) is 1. The lowest BCUT2D eigenvalue weighted by Gasteiger charge is -2.00. The van der Waals surface area contributed by atoms with Crippen LogP contribution in [-0.4, -0.2) is 34.1 Å². The van der Waals surface area contributed by atoms with Gasteiger partial charge in [-0.25, -0.2) is 9.59 Å². The second-order valence-corrected chi connectivity index (χ2v) is 3.28. The lowest BCUT2D eigenvalue weighted by molar-refractivity contribution is 0.0600. The average molecular weight is 236 g/mol. The van der Waals surface area contributed by atoms with Crippen molar-refractivity contribution in [3.05, 3.63) is 34.1 Å². The quantitative estimate of drug-likeness (QED) is 0.707.